The van der Waals surface area contributed by atoms with Crippen molar-refractivity contribution in [3.8, 4) is 46.7 Å². The third-order valence-electron chi connectivity index (χ3n) is 9.23. The minimum atomic E-state index is -0.823. The minimum Gasteiger partial charge on any atom is -0.508 e. The van der Waals surface area contributed by atoms with E-state index in [9.17, 15) is 14.3 Å². The Morgan fingerprint density at radius 3 is 2.78 bits per heavy atom. The van der Waals surface area contributed by atoms with Gasteiger partial charge in [-0.3, -0.25) is 14.7 Å². The molecule has 7 rings (SSSR count). The number of esters is 1. The molecule has 46 heavy (non-hydrogen) atoms. The normalized spacial score (nSPS) is 18.1. The second kappa shape index (κ2) is 11.4. The SMILES string of the molecule is C#Cc1c(F)ccc2cc(O)cc(-c3ncc4c(-c5ccc6n5CC(=O)OC6)nc(OCC5(CCC)CCCN5C)nc4c3F)c12. The lowest BCUT2D eigenvalue weighted by Crippen LogP contribution is -2.46. The number of nitrogens with zero attached hydrogens (tertiary/aromatic N) is 5. The van der Waals surface area contributed by atoms with Gasteiger partial charge in [-0.1, -0.05) is 25.3 Å². The van der Waals surface area contributed by atoms with Gasteiger partial charge in [0.25, 0.3) is 0 Å². The number of phenolic OH excluding ortho intramolecular Hbond substituents is 1. The zero-order chi connectivity index (χ0) is 32.2. The number of likely N-dealkylation sites (N-methyl/N-ethyl adjacent to an activating group) is 1. The summed E-state index contributed by atoms with van der Waals surface area (Å²) in [6.45, 7) is 3.45. The van der Waals surface area contributed by atoms with E-state index in [4.69, 9.17) is 20.9 Å². The summed E-state index contributed by atoms with van der Waals surface area (Å²) in [4.78, 5) is 28.3. The monoisotopic (exact) mass is 623 g/mol. The average Bonchev–Trinajstić information content (AvgIpc) is 3.62. The molecule has 0 radical (unpaired) electrons. The van der Waals surface area contributed by atoms with Gasteiger partial charge in [-0.15, -0.1) is 6.42 Å². The molecule has 1 N–H and O–H groups in total. The van der Waals surface area contributed by atoms with Crippen LogP contribution in [-0.2, 0) is 22.7 Å². The molecule has 1 fully saturated rings. The number of fused-ring (bicyclic) bond motifs is 3. The molecule has 9 nitrogen and oxygen atoms in total. The summed E-state index contributed by atoms with van der Waals surface area (Å²) in [5.41, 5.74) is 1.22. The van der Waals surface area contributed by atoms with Crippen molar-refractivity contribution in [2.45, 2.75) is 51.3 Å². The molecule has 1 unspecified atom stereocenters. The van der Waals surface area contributed by atoms with E-state index < -0.39 is 17.6 Å². The average molecular weight is 624 g/mol. The fourth-order valence-electron chi connectivity index (χ4n) is 6.90. The van der Waals surface area contributed by atoms with E-state index in [-0.39, 0.29) is 63.6 Å². The topological polar surface area (TPSA) is 103 Å². The van der Waals surface area contributed by atoms with E-state index in [0.717, 1.165) is 37.9 Å². The number of likely N-dealkylation sites (tertiary alicyclic amines) is 1. The van der Waals surface area contributed by atoms with Crippen LogP contribution in [0.3, 0.4) is 0 Å². The van der Waals surface area contributed by atoms with Gasteiger partial charge in [0.1, 0.15) is 48.2 Å². The molecule has 1 atom stereocenters. The molecular formula is C35H31F2N5O4. The van der Waals surface area contributed by atoms with E-state index in [1.165, 1.54) is 30.5 Å². The quantitative estimate of drug-likeness (QED) is 0.175. The number of phenols is 1. The number of rotatable bonds is 7. The Morgan fingerprint density at radius 2 is 2.02 bits per heavy atom. The van der Waals surface area contributed by atoms with Gasteiger partial charge in [-0.2, -0.15) is 9.97 Å². The summed E-state index contributed by atoms with van der Waals surface area (Å²) in [7, 11) is 2.08. The van der Waals surface area contributed by atoms with Crippen molar-refractivity contribution in [1.82, 2.24) is 24.4 Å². The predicted octanol–water partition coefficient (Wildman–Crippen LogP) is 5.98. The zero-order valence-electron chi connectivity index (χ0n) is 25.4. The van der Waals surface area contributed by atoms with Crippen LogP contribution in [0.15, 0.2) is 42.6 Å². The molecule has 0 spiro atoms. The standard InChI is InChI=1S/C35H31F2N5O4/c1-4-11-35(12-6-13-41(35)3)19-46-34-39-31(27-10-8-21-18-45-28(44)17-42(21)27)25-16-38-32(30(37)33(25)40-34)24-15-22(43)14-20-7-9-26(36)23(5-2)29(20)24/h2,7-10,14-16,43H,4,6,11-13,17-19H2,1,3H3. The Labute approximate surface area is 263 Å². The van der Waals surface area contributed by atoms with E-state index in [1.54, 1.807) is 10.6 Å². The summed E-state index contributed by atoms with van der Waals surface area (Å²) >= 11 is 0. The van der Waals surface area contributed by atoms with Gasteiger partial charge in [0.2, 0.25) is 0 Å². The maximum atomic E-state index is 16.8. The van der Waals surface area contributed by atoms with Gasteiger partial charge in [0.05, 0.1) is 22.5 Å². The number of cyclic esters (lactones) is 1. The van der Waals surface area contributed by atoms with Crippen molar-refractivity contribution < 1.29 is 28.2 Å². The van der Waals surface area contributed by atoms with Crippen LogP contribution >= 0.6 is 0 Å². The third kappa shape index (κ3) is 4.81. The molecule has 5 aromatic rings. The highest BCUT2D eigenvalue weighted by atomic mass is 19.1. The zero-order valence-corrected chi connectivity index (χ0v) is 25.4. The number of pyridine rings is 1. The number of hydrogen-bond donors (Lipinski definition) is 1. The molecule has 0 bridgehead atoms. The van der Waals surface area contributed by atoms with E-state index in [0.29, 0.717) is 23.4 Å². The molecule has 2 aromatic carbocycles. The third-order valence-corrected chi connectivity index (χ3v) is 9.23. The molecule has 2 aliphatic rings. The maximum absolute atomic E-state index is 16.8. The second-order valence-electron chi connectivity index (χ2n) is 11.9. The molecule has 1 saturated heterocycles. The number of benzene rings is 2. The van der Waals surface area contributed by atoms with Crippen molar-refractivity contribution in [3.05, 3.63) is 65.5 Å². The number of ether oxygens (including phenoxy) is 2. The number of aromatic nitrogens is 4. The molecule has 0 saturated carbocycles. The molecular weight excluding hydrogens is 592 g/mol. The van der Waals surface area contributed by atoms with Crippen molar-refractivity contribution in [2.24, 2.45) is 0 Å². The van der Waals surface area contributed by atoms with Crippen LogP contribution in [0.5, 0.6) is 11.8 Å². The van der Waals surface area contributed by atoms with Gasteiger partial charge in [0.15, 0.2) is 5.82 Å². The van der Waals surface area contributed by atoms with Crippen LogP contribution in [0.2, 0.25) is 0 Å². The Kier molecular flexibility index (Phi) is 7.32. The number of terminal acetylenes is 1. The van der Waals surface area contributed by atoms with Crippen LogP contribution in [0.1, 0.15) is 43.9 Å². The van der Waals surface area contributed by atoms with Gasteiger partial charge in [-0.05, 0) is 68.6 Å². The van der Waals surface area contributed by atoms with Crippen molar-refractivity contribution in [3.63, 3.8) is 0 Å². The van der Waals surface area contributed by atoms with E-state index >= 15 is 4.39 Å². The van der Waals surface area contributed by atoms with E-state index in [2.05, 4.69) is 34.8 Å². The summed E-state index contributed by atoms with van der Waals surface area (Å²) in [6.07, 6.45) is 11.0. The number of carbonyl (C=O) groups excluding carboxylic acids is 1. The largest absolute Gasteiger partial charge is 0.508 e. The first-order chi connectivity index (χ1) is 22.2. The maximum Gasteiger partial charge on any atom is 0.326 e. The van der Waals surface area contributed by atoms with E-state index in [1.807, 2.05) is 6.07 Å². The number of hydrogen-bond acceptors (Lipinski definition) is 8. The predicted molar refractivity (Wildman–Crippen MR) is 168 cm³/mol. The van der Waals surface area contributed by atoms with Crippen molar-refractivity contribution >= 4 is 27.6 Å². The first kappa shape index (κ1) is 29.6. The first-order valence-corrected chi connectivity index (χ1v) is 15.2. The molecule has 5 heterocycles. The van der Waals surface area contributed by atoms with Crippen LogP contribution in [-0.4, -0.2) is 61.2 Å². The lowest BCUT2D eigenvalue weighted by molar-refractivity contribution is -0.148. The lowest BCUT2D eigenvalue weighted by atomic mass is 9.92. The Bertz CT molecular complexity index is 2090. The van der Waals surface area contributed by atoms with Crippen LogP contribution < -0.4 is 4.74 Å². The summed E-state index contributed by atoms with van der Waals surface area (Å²) in [5, 5.41) is 11.5. The Morgan fingerprint density at radius 1 is 1.17 bits per heavy atom. The first-order valence-electron chi connectivity index (χ1n) is 15.2. The van der Waals surface area contributed by atoms with Gasteiger partial charge in [-0.25, -0.2) is 8.78 Å². The molecule has 234 valence electrons. The van der Waals surface area contributed by atoms with Gasteiger partial charge in [0, 0.05) is 22.5 Å². The van der Waals surface area contributed by atoms with Gasteiger partial charge >= 0.3 is 12.0 Å². The van der Waals surface area contributed by atoms with Gasteiger partial charge < -0.3 is 19.1 Å². The smallest absolute Gasteiger partial charge is 0.326 e. The molecule has 11 heteroatoms. The van der Waals surface area contributed by atoms with Crippen LogP contribution in [0.25, 0.3) is 44.3 Å². The highest BCUT2D eigenvalue weighted by Gasteiger charge is 2.39. The fourth-order valence-corrected chi connectivity index (χ4v) is 6.90. The number of halogens is 2. The molecule has 0 amide bonds. The molecule has 3 aromatic heterocycles. The van der Waals surface area contributed by atoms with Crippen LogP contribution in [0.4, 0.5) is 8.78 Å². The number of carbonyl (C=O) groups is 1. The summed E-state index contributed by atoms with van der Waals surface area (Å²) < 4.78 is 44.9. The summed E-state index contributed by atoms with van der Waals surface area (Å²) in [5.74, 6) is 0.314. The van der Waals surface area contributed by atoms with Crippen LogP contribution in [0, 0.1) is 24.0 Å². The van der Waals surface area contributed by atoms with Crippen molar-refractivity contribution in [2.75, 3.05) is 20.2 Å². The minimum absolute atomic E-state index is 0.0283. The Balaban J connectivity index is 1.44. The lowest BCUT2D eigenvalue weighted by Gasteiger charge is -2.35. The second-order valence-corrected chi connectivity index (χ2v) is 11.9. The van der Waals surface area contributed by atoms with Crippen molar-refractivity contribution in [1.29, 1.82) is 0 Å². The highest BCUT2D eigenvalue weighted by Crippen LogP contribution is 2.40. The fraction of sp³-hybridized carbons (Fsp3) is 0.314. The molecule has 0 aliphatic carbocycles. The summed E-state index contributed by atoms with van der Waals surface area (Å²) in [6, 6.07) is 8.99. The number of aromatic hydroxyl groups is 1. The Hall–Kier alpha value is -5.08. The highest BCUT2D eigenvalue weighted by molar-refractivity contribution is 6.03. The molecule has 2 aliphatic heterocycles.